The molecule has 0 aliphatic carbocycles. The van der Waals surface area contributed by atoms with Crippen molar-refractivity contribution in [3.63, 3.8) is 0 Å². The van der Waals surface area contributed by atoms with Crippen LogP contribution in [-0.4, -0.2) is 85.4 Å². The maximum absolute atomic E-state index is 12.3. The lowest BCUT2D eigenvalue weighted by Crippen LogP contribution is -2.49. The van der Waals surface area contributed by atoms with Crippen LogP contribution in [0.25, 0.3) is 0 Å². The van der Waals surface area contributed by atoms with Gasteiger partial charge in [-0.2, -0.15) is 0 Å². The van der Waals surface area contributed by atoms with E-state index in [0.29, 0.717) is 25.5 Å². The molecule has 0 spiro atoms. The molecule has 39 heavy (non-hydrogen) atoms. The van der Waals surface area contributed by atoms with Crippen molar-refractivity contribution >= 4 is 23.7 Å². The third-order valence-electron chi connectivity index (χ3n) is 7.58. The Morgan fingerprint density at radius 3 is 2.44 bits per heavy atom. The van der Waals surface area contributed by atoms with Crippen molar-refractivity contribution in [1.82, 2.24) is 15.1 Å². The van der Waals surface area contributed by atoms with Gasteiger partial charge < -0.3 is 19.3 Å². The number of carbonyl (C=O) groups excluding carboxylic acids is 3. The number of carbonyl (C=O) groups is 3. The van der Waals surface area contributed by atoms with E-state index in [-0.39, 0.29) is 24.1 Å². The van der Waals surface area contributed by atoms with Crippen LogP contribution in [0.4, 0.5) is 15.3 Å². The minimum absolute atomic E-state index is 0.197. The molecule has 212 valence electrons. The number of nitrogens with zero attached hydrogens (tertiary/aromatic N) is 3. The molecule has 0 unspecified atom stereocenters. The second kappa shape index (κ2) is 12.8. The molecule has 1 aromatic carbocycles. The summed E-state index contributed by atoms with van der Waals surface area (Å²) in [4.78, 5) is 42.0. The number of amides is 4. The SMILES string of the molecule is Cc1c(C#CCOC2CCN(CC3CCN(C(=O)OC(C)(C)C)CC3)CC2)cccc1N1CCC(=O)NC1=O. The molecule has 4 rings (SSSR count). The van der Waals surface area contributed by atoms with Gasteiger partial charge in [-0.15, -0.1) is 0 Å². The predicted octanol–water partition coefficient (Wildman–Crippen LogP) is 3.92. The van der Waals surface area contributed by atoms with Gasteiger partial charge in [0.05, 0.1) is 6.10 Å². The maximum atomic E-state index is 12.3. The molecule has 3 aliphatic rings. The zero-order valence-electron chi connectivity index (χ0n) is 23.8. The van der Waals surface area contributed by atoms with Gasteiger partial charge in [-0.05, 0) is 77.0 Å². The van der Waals surface area contributed by atoms with Crippen LogP contribution in [0.15, 0.2) is 18.2 Å². The highest BCUT2D eigenvalue weighted by Crippen LogP contribution is 2.25. The number of imide groups is 1. The van der Waals surface area contributed by atoms with Crippen molar-refractivity contribution in [3.8, 4) is 11.8 Å². The first-order chi connectivity index (χ1) is 18.6. The van der Waals surface area contributed by atoms with Crippen LogP contribution in [0.2, 0.25) is 0 Å². The van der Waals surface area contributed by atoms with Gasteiger partial charge in [-0.3, -0.25) is 15.0 Å². The Morgan fingerprint density at radius 2 is 1.77 bits per heavy atom. The van der Waals surface area contributed by atoms with E-state index in [1.165, 1.54) is 0 Å². The fourth-order valence-corrected chi connectivity index (χ4v) is 5.38. The zero-order valence-corrected chi connectivity index (χ0v) is 23.8. The Kier molecular flexibility index (Phi) is 9.52. The Morgan fingerprint density at radius 1 is 1.05 bits per heavy atom. The summed E-state index contributed by atoms with van der Waals surface area (Å²) < 4.78 is 11.6. The van der Waals surface area contributed by atoms with E-state index < -0.39 is 5.60 Å². The number of rotatable bonds is 5. The topological polar surface area (TPSA) is 91.4 Å². The van der Waals surface area contributed by atoms with Crippen molar-refractivity contribution in [2.24, 2.45) is 5.92 Å². The molecule has 3 fully saturated rings. The first-order valence-electron chi connectivity index (χ1n) is 14.1. The predicted molar refractivity (Wildman–Crippen MR) is 150 cm³/mol. The number of urea groups is 1. The van der Waals surface area contributed by atoms with Crippen molar-refractivity contribution < 1.29 is 23.9 Å². The molecule has 0 aromatic heterocycles. The number of piperidine rings is 2. The Bertz CT molecular complexity index is 1100. The molecular formula is C30H42N4O5. The third kappa shape index (κ3) is 8.20. The molecule has 0 saturated carbocycles. The van der Waals surface area contributed by atoms with Crippen LogP contribution in [0.1, 0.15) is 64.0 Å². The summed E-state index contributed by atoms with van der Waals surface area (Å²) in [6.45, 7) is 13.1. The quantitative estimate of drug-likeness (QED) is 0.572. The Balaban J connectivity index is 1.17. The van der Waals surface area contributed by atoms with Gasteiger partial charge in [0.25, 0.3) is 0 Å². The summed E-state index contributed by atoms with van der Waals surface area (Å²) >= 11 is 0. The first kappa shape index (κ1) is 28.9. The summed E-state index contributed by atoms with van der Waals surface area (Å²) in [5, 5.41) is 2.37. The molecule has 0 atom stereocenters. The number of hydrogen-bond donors (Lipinski definition) is 1. The van der Waals surface area contributed by atoms with Crippen LogP contribution in [0.3, 0.4) is 0 Å². The third-order valence-corrected chi connectivity index (χ3v) is 7.58. The molecule has 4 amide bonds. The zero-order chi connectivity index (χ0) is 28.0. The molecule has 9 heteroatoms. The maximum Gasteiger partial charge on any atom is 0.410 e. The molecule has 3 saturated heterocycles. The van der Waals surface area contributed by atoms with Crippen molar-refractivity contribution in [3.05, 3.63) is 29.3 Å². The number of anilines is 1. The molecule has 3 heterocycles. The smallest absolute Gasteiger partial charge is 0.410 e. The van der Waals surface area contributed by atoms with Crippen molar-refractivity contribution in [2.75, 3.05) is 50.8 Å². The van der Waals surface area contributed by atoms with E-state index in [9.17, 15) is 14.4 Å². The van der Waals surface area contributed by atoms with Crippen LogP contribution >= 0.6 is 0 Å². The van der Waals surface area contributed by atoms with Gasteiger partial charge in [0.1, 0.15) is 12.2 Å². The van der Waals surface area contributed by atoms with Crippen LogP contribution in [-0.2, 0) is 14.3 Å². The van der Waals surface area contributed by atoms with Gasteiger partial charge >= 0.3 is 12.1 Å². The average molecular weight is 539 g/mol. The van der Waals surface area contributed by atoms with E-state index in [1.54, 1.807) is 4.90 Å². The fraction of sp³-hybridized carbons (Fsp3) is 0.633. The van der Waals surface area contributed by atoms with Gasteiger partial charge in [-0.1, -0.05) is 17.9 Å². The largest absolute Gasteiger partial charge is 0.444 e. The summed E-state index contributed by atoms with van der Waals surface area (Å²) in [7, 11) is 0. The number of benzene rings is 1. The second-order valence-electron chi connectivity index (χ2n) is 11.7. The molecule has 3 aliphatic heterocycles. The molecule has 0 bridgehead atoms. The van der Waals surface area contributed by atoms with Gasteiger partial charge in [0.15, 0.2) is 0 Å². The van der Waals surface area contributed by atoms with Crippen LogP contribution < -0.4 is 10.2 Å². The molecular weight excluding hydrogens is 496 g/mol. The summed E-state index contributed by atoms with van der Waals surface area (Å²) in [5.41, 5.74) is 2.09. The van der Waals surface area contributed by atoms with Gasteiger partial charge in [0.2, 0.25) is 5.91 Å². The summed E-state index contributed by atoms with van der Waals surface area (Å²) in [5.74, 6) is 6.71. The van der Waals surface area contributed by atoms with E-state index in [0.717, 1.165) is 75.2 Å². The standard InChI is InChI=1S/C30H42N4O5/c1-22-24(7-5-9-26(22)34-19-14-27(35)31-28(34)36)8-6-20-38-25-12-15-32(16-13-25)21-23-10-17-33(18-11-23)29(37)39-30(2,3)4/h5,7,9,23,25H,10-21H2,1-4H3,(H,31,35,36). The highest BCUT2D eigenvalue weighted by molar-refractivity contribution is 6.06. The monoisotopic (exact) mass is 538 g/mol. The minimum Gasteiger partial charge on any atom is -0.444 e. The summed E-state index contributed by atoms with van der Waals surface area (Å²) in [6.07, 6.45) is 4.34. The number of ether oxygens (including phenoxy) is 2. The minimum atomic E-state index is -0.452. The Labute approximate surface area is 232 Å². The lowest BCUT2D eigenvalue weighted by Gasteiger charge is -2.37. The highest BCUT2D eigenvalue weighted by Gasteiger charge is 2.29. The first-order valence-corrected chi connectivity index (χ1v) is 14.1. The van der Waals surface area contributed by atoms with Crippen LogP contribution in [0.5, 0.6) is 0 Å². The lowest BCUT2D eigenvalue weighted by atomic mass is 9.95. The number of nitrogens with one attached hydrogen (secondary N) is 1. The van der Waals surface area contributed by atoms with Gasteiger partial charge in [-0.25, -0.2) is 9.59 Å². The molecule has 1 N–H and O–H groups in total. The summed E-state index contributed by atoms with van der Waals surface area (Å²) in [6, 6.07) is 5.31. The molecule has 9 nitrogen and oxygen atoms in total. The van der Waals surface area contributed by atoms with E-state index in [4.69, 9.17) is 9.47 Å². The Hall–Kier alpha value is -3.09. The van der Waals surface area contributed by atoms with E-state index in [1.807, 2.05) is 50.8 Å². The average Bonchev–Trinajstić information content (AvgIpc) is 2.88. The normalized spacial score (nSPS) is 19.9. The second-order valence-corrected chi connectivity index (χ2v) is 11.7. The van der Waals surface area contributed by atoms with Crippen molar-refractivity contribution in [2.45, 2.75) is 71.5 Å². The number of likely N-dealkylation sites (tertiary alicyclic amines) is 2. The fourth-order valence-electron chi connectivity index (χ4n) is 5.38. The molecule has 0 radical (unpaired) electrons. The number of hydrogen-bond acceptors (Lipinski definition) is 6. The molecule has 1 aromatic rings. The van der Waals surface area contributed by atoms with Gasteiger partial charge in [0, 0.05) is 56.9 Å². The van der Waals surface area contributed by atoms with Crippen LogP contribution in [0, 0.1) is 24.7 Å². The highest BCUT2D eigenvalue weighted by atomic mass is 16.6. The lowest BCUT2D eigenvalue weighted by molar-refractivity contribution is -0.120. The van der Waals surface area contributed by atoms with Crippen molar-refractivity contribution in [1.29, 1.82) is 0 Å². The van der Waals surface area contributed by atoms with E-state index in [2.05, 4.69) is 22.1 Å². The van der Waals surface area contributed by atoms with E-state index >= 15 is 0 Å².